The van der Waals surface area contributed by atoms with Gasteiger partial charge in [0.25, 0.3) is 0 Å². The highest BCUT2D eigenvalue weighted by molar-refractivity contribution is 7.59. The summed E-state index contributed by atoms with van der Waals surface area (Å²) in [6, 6.07) is 15.9. The van der Waals surface area contributed by atoms with E-state index in [0.29, 0.717) is 6.16 Å². The number of halogens is 1. The molecule has 0 radical (unpaired) electrons. The van der Waals surface area contributed by atoms with Gasteiger partial charge in [0.05, 0.1) is 8.15 Å². The Bertz CT molecular complexity index is 441. The van der Waals surface area contributed by atoms with Crippen LogP contribution in [0.4, 0.5) is 4.39 Å². The predicted molar refractivity (Wildman–Crippen MR) is 65.3 cm³/mol. The highest BCUT2D eigenvalue weighted by Crippen LogP contribution is 2.33. The summed E-state index contributed by atoms with van der Waals surface area (Å²) in [5, 5.41) is 0.806. The SMILES string of the molecule is OP(Cc1ccccc1)c1ccc(F)cc1. The predicted octanol–water partition coefficient (Wildman–Crippen LogP) is 3.04. The molecule has 0 bridgehead atoms. The van der Waals surface area contributed by atoms with E-state index in [1.807, 2.05) is 30.3 Å². The highest BCUT2D eigenvalue weighted by atomic mass is 31.1. The monoisotopic (exact) mass is 234 g/mol. The van der Waals surface area contributed by atoms with E-state index in [0.717, 1.165) is 10.9 Å². The molecule has 1 unspecified atom stereocenters. The minimum Gasteiger partial charge on any atom is -0.369 e. The van der Waals surface area contributed by atoms with Crippen molar-refractivity contribution in [3.63, 3.8) is 0 Å². The van der Waals surface area contributed by atoms with Gasteiger partial charge in [0.2, 0.25) is 0 Å². The molecule has 2 aromatic carbocycles. The molecule has 0 aromatic heterocycles. The topological polar surface area (TPSA) is 20.2 Å². The van der Waals surface area contributed by atoms with Gasteiger partial charge in [0.15, 0.2) is 0 Å². The molecule has 1 N–H and O–H groups in total. The zero-order valence-electron chi connectivity index (χ0n) is 8.68. The lowest BCUT2D eigenvalue weighted by Crippen LogP contribution is -2.01. The normalized spacial score (nSPS) is 12.4. The second kappa shape index (κ2) is 5.20. The van der Waals surface area contributed by atoms with Crippen molar-refractivity contribution < 1.29 is 9.28 Å². The molecule has 2 aromatic rings. The van der Waals surface area contributed by atoms with Gasteiger partial charge in [-0.3, -0.25) is 0 Å². The third-order valence-corrected chi connectivity index (χ3v) is 3.86. The quantitative estimate of drug-likeness (QED) is 0.809. The van der Waals surface area contributed by atoms with Crippen molar-refractivity contribution in [2.45, 2.75) is 6.16 Å². The van der Waals surface area contributed by atoms with E-state index in [9.17, 15) is 9.28 Å². The summed E-state index contributed by atoms with van der Waals surface area (Å²) in [7, 11) is -1.23. The zero-order valence-corrected chi connectivity index (χ0v) is 9.57. The summed E-state index contributed by atoms with van der Waals surface area (Å²) in [4.78, 5) is 10.0. The van der Waals surface area contributed by atoms with Gasteiger partial charge in [-0.15, -0.1) is 0 Å². The standard InChI is InChI=1S/C13H12FOP/c14-12-6-8-13(9-7-12)16(15)10-11-4-2-1-3-5-11/h1-9,15H,10H2. The molecule has 0 fully saturated rings. The Labute approximate surface area is 95.4 Å². The smallest absolute Gasteiger partial charge is 0.123 e. The van der Waals surface area contributed by atoms with Gasteiger partial charge in [-0.1, -0.05) is 30.3 Å². The fourth-order valence-corrected chi connectivity index (χ4v) is 2.69. The Hall–Kier alpha value is -1.24. The fourth-order valence-electron chi connectivity index (χ4n) is 1.46. The molecule has 0 aliphatic rings. The highest BCUT2D eigenvalue weighted by Gasteiger charge is 2.08. The average Bonchev–Trinajstić information content (AvgIpc) is 2.31. The summed E-state index contributed by atoms with van der Waals surface area (Å²) in [5.41, 5.74) is 1.10. The molecule has 2 rings (SSSR count). The second-order valence-corrected chi connectivity index (χ2v) is 5.15. The van der Waals surface area contributed by atoms with Gasteiger partial charge in [-0.05, 0) is 29.8 Å². The molecule has 0 amide bonds. The maximum absolute atomic E-state index is 12.7. The maximum atomic E-state index is 12.7. The van der Waals surface area contributed by atoms with Gasteiger partial charge in [-0.2, -0.15) is 0 Å². The summed E-state index contributed by atoms with van der Waals surface area (Å²) >= 11 is 0. The Morgan fingerprint density at radius 3 is 2.19 bits per heavy atom. The third kappa shape index (κ3) is 2.88. The molecule has 0 spiro atoms. The molecule has 1 nitrogen and oxygen atoms in total. The van der Waals surface area contributed by atoms with Crippen LogP contribution in [0.3, 0.4) is 0 Å². The van der Waals surface area contributed by atoms with Crippen molar-refractivity contribution in [1.29, 1.82) is 0 Å². The van der Waals surface area contributed by atoms with Crippen LogP contribution in [0, 0.1) is 5.82 Å². The van der Waals surface area contributed by atoms with E-state index in [-0.39, 0.29) is 5.82 Å². The number of hydrogen-bond acceptors (Lipinski definition) is 1. The van der Waals surface area contributed by atoms with Crippen LogP contribution in [-0.4, -0.2) is 4.89 Å². The van der Waals surface area contributed by atoms with Crippen molar-refractivity contribution in [1.82, 2.24) is 0 Å². The van der Waals surface area contributed by atoms with Crippen LogP contribution in [0.25, 0.3) is 0 Å². The fraction of sp³-hybridized carbons (Fsp3) is 0.0769. The third-order valence-electron chi connectivity index (χ3n) is 2.30. The lowest BCUT2D eigenvalue weighted by atomic mass is 10.2. The van der Waals surface area contributed by atoms with E-state index in [1.165, 1.54) is 12.1 Å². The molecule has 1 atom stereocenters. The summed E-state index contributed by atoms with van der Waals surface area (Å²) < 4.78 is 12.7. The first-order chi connectivity index (χ1) is 7.75. The van der Waals surface area contributed by atoms with Gasteiger partial charge >= 0.3 is 0 Å². The number of hydrogen-bond donors (Lipinski definition) is 1. The van der Waals surface area contributed by atoms with E-state index >= 15 is 0 Å². The molecule has 0 saturated carbocycles. The van der Waals surface area contributed by atoms with Crippen molar-refractivity contribution in [2.24, 2.45) is 0 Å². The van der Waals surface area contributed by atoms with Crippen LogP contribution in [0.2, 0.25) is 0 Å². The van der Waals surface area contributed by atoms with E-state index in [2.05, 4.69) is 0 Å². The van der Waals surface area contributed by atoms with E-state index in [1.54, 1.807) is 12.1 Å². The second-order valence-electron chi connectivity index (χ2n) is 3.52. The molecule has 82 valence electrons. The summed E-state index contributed by atoms with van der Waals surface area (Å²) in [5.74, 6) is -0.271. The van der Waals surface area contributed by atoms with Crippen molar-refractivity contribution in [2.75, 3.05) is 0 Å². The first-order valence-corrected chi connectivity index (χ1v) is 6.49. The lowest BCUT2D eigenvalue weighted by molar-refractivity contribution is 0.626. The van der Waals surface area contributed by atoms with Gasteiger partial charge < -0.3 is 4.89 Å². The van der Waals surface area contributed by atoms with Crippen LogP contribution in [0.1, 0.15) is 5.56 Å². The van der Waals surface area contributed by atoms with Crippen LogP contribution < -0.4 is 5.30 Å². The molecule has 0 aliphatic carbocycles. The molecule has 0 aliphatic heterocycles. The van der Waals surface area contributed by atoms with Crippen molar-refractivity contribution in [3.8, 4) is 0 Å². The zero-order chi connectivity index (χ0) is 11.4. The number of benzene rings is 2. The molecule has 3 heteroatoms. The molecular weight excluding hydrogens is 222 g/mol. The lowest BCUT2D eigenvalue weighted by Gasteiger charge is -2.10. The first-order valence-electron chi connectivity index (χ1n) is 5.01. The number of rotatable bonds is 3. The molecule has 0 saturated heterocycles. The van der Waals surface area contributed by atoms with E-state index < -0.39 is 8.15 Å². The van der Waals surface area contributed by atoms with Crippen LogP contribution in [0.15, 0.2) is 54.6 Å². The van der Waals surface area contributed by atoms with Crippen LogP contribution in [-0.2, 0) is 6.16 Å². The Kier molecular flexibility index (Phi) is 3.66. The minimum absolute atomic E-state index is 0.271. The van der Waals surface area contributed by atoms with E-state index in [4.69, 9.17) is 0 Å². The molecule has 16 heavy (non-hydrogen) atoms. The Balaban J connectivity index is 2.09. The van der Waals surface area contributed by atoms with Crippen LogP contribution in [0.5, 0.6) is 0 Å². The largest absolute Gasteiger partial charge is 0.369 e. The maximum Gasteiger partial charge on any atom is 0.123 e. The molecule has 0 heterocycles. The van der Waals surface area contributed by atoms with Gasteiger partial charge in [-0.25, -0.2) is 4.39 Å². The Morgan fingerprint density at radius 2 is 1.56 bits per heavy atom. The van der Waals surface area contributed by atoms with Crippen LogP contribution >= 0.6 is 8.15 Å². The van der Waals surface area contributed by atoms with Crippen molar-refractivity contribution in [3.05, 3.63) is 66.0 Å². The van der Waals surface area contributed by atoms with Gasteiger partial charge in [0.1, 0.15) is 5.82 Å². The van der Waals surface area contributed by atoms with Crippen molar-refractivity contribution >= 4 is 13.5 Å². The van der Waals surface area contributed by atoms with Gasteiger partial charge in [0, 0.05) is 11.5 Å². The minimum atomic E-state index is -1.23. The first kappa shape index (κ1) is 11.3. The molecular formula is C13H12FOP. The Morgan fingerprint density at radius 1 is 0.938 bits per heavy atom. The summed E-state index contributed by atoms with van der Waals surface area (Å²) in [6.07, 6.45) is 0.613. The average molecular weight is 234 g/mol. The summed E-state index contributed by atoms with van der Waals surface area (Å²) in [6.45, 7) is 0.